The maximum absolute atomic E-state index is 11.9. The summed E-state index contributed by atoms with van der Waals surface area (Å²) in [7, 11) is 0. The van der Waals surface area contributed by atoms with Gasteiger partial charge in [-0.3, -0.25) is 4.79 Å². The average Bonchev–Trinajstić information content (AvgIpc) is 2.43. The van der Waals surface area contributed by atoms with Crippen molar-refractivity contribution in [3.63, 3.8) is 0 Å². The molecule has 0 aromatic heterocycles. The first-order chi connectivity index (χ1) is 9.95. The molecule has 108 valence electrons. The Bertz CT molecular complexity index is 684. The number of hydrogen-bond acceptors (Lipinski definition) is 3. The SMILES string of the molecule is O=C(Cc1ccc(Cl)cc1)Nc1ccc(Cl)cc1C(=O)[O-]. The molecule has 4 nitrogen and oxygen atoms in total. The number of amides is 1. The monoisotopic (exact) mass is 322 g/mol. The van der Waals surface area contributed by atoms with Crippen LogP contribution in [0.4, 0.5) is 5.69 Å². The van der Waals surface area contributed by atoms with Gasteiger partial charge in [0, 0.05) is 21.3 Å². The largest absolute Gasteiger partial charge is 0.545 e. The molecule has 0 atom stereocenters. The third kappa shape index (κ3) is 4.21. The van der Waals surface area contributed by atoms with Crippen LogP contribution in [0.25, 0.3) is 0 Å². The van der Waals surface area contributed by atoms with Crippen LogP contribution in [0.2, 0.25) is 10.0 Å². The van der Waals surface area contributed by atoms with E-state index in [2.05, 4.69) is 5.32 Å². The molecule has 1 amide bonds. The minimum absolute atomic E-state index is 0.103. The quantitative estimate of drug-likeness (QED) is 0.940. The molecule has 0 bridgehead atoms. The standard InChI is InChI=1S/C15H11Cl2NO3/c16-10-3-1-9(2-4-10)7-14(19)18-13-6-5-11(17)8-12(13)15(20)21/h1-6,8H,7H2,(H,18,19)(H,20,21)/p-1. The van der Waals surface area contributed by atoms with Gasteiger partial charge in [0.25, 0.3) is 0 Å². The summed E-state index contributed by atoms with van der Waals surface area (Å²) in [6, 6.07) is 11.0. The van der Waals surface area contributed by atoms with Crippen molar-refractivity contribution in [2.75, 3.05) is 5.32 Å². The van der Waals surface area contributed by atoms with E-state index in [0.29, 0.717) is 5.02 Å². The van der Waals surface area contributed by atoms with Gasteiger partial charge in [-0.05, 0) is 35.9 Å². The van der Waals surface area contributed by atoms with E-state index in [9.17, 15) is 14.7 Å². The molecule has 0 radical (unpaired) electrons. The van der Waals surface area contributed by atoms with E-state index in [1.165, 1.54) is 18.2 Å². The van der Waals surface area contributed by atoms with Crippen LogP contribution >= 0.6 is 23.2 Å². The van der Waals surface area contributed by atoms with Crippen molar-refractivity contribution in [3.05, 3.63) is 63.6 Å². The predicted octanol–water partition coefficient (Wildman–Crippen LogP) is 2.54. The number of aromatic carboxylic acids is 1. The fourth-order valence-electron chi connectivity index (χ4n) is 1.78. The van der Waals surface area contributed by atoms with Crippen molar-refractivity contribution in [2.24, 2.45) is 0 Å². The van der Waals surface area contributed by atoms with Crippen LogP contribution in [0.15, 0.2) is 42.5 Å². The lowest BCUT2D eigenvalue weighted by Gasteiger charge is -2.12. The smallest absolute Gasteiger partial charge is 0.228 e. The fourth-order valence-corrected chi connectivity index (χ4v) is 2.07. The van der Waals surface area contributed by atoms with E-state index in [-0.39, 0.29) is 28.6 Å². The van der Waals surface area contributed by atoms with Crippen LogP contribution in [0.5, 0.6) is 0 Å². The zero-order valence-electron chi connectivity index (χ0n) is 10.7. The summed E-state index contributed by atoms with van der Waals surface area (Å²) in [4.78, 5) is 23.0. The van der Waals surface area contributed by atoms with Crippen LogP contribution < -0.4 is 10.4 Å². The first-order valence-corrected chi connectivity index (χ1v) is 6.76. The molecule has 2 aromatic carbocycles. The van der Waals surface area contributed by atoms with Gasteiger partial charge < -0.3 is 15.2 Å². The highest BCUT2D eigenvalue weighted by atomic mass is 35.5. The van der Waals surface area contributed by atoms with E-state index in [1.54, 1.807) is 24.3 Å². The zero-order valence-corrected chi connectivity index (χ0v) is 12.2. The molecule has 21 heavy (non-hydrogen) atoms. The number of halogens is 2. The summed E-state index contributed by atoms with van der Waals surface area (Å²) < 4.78 is 0. The summed E-state index contributed by atoms with van der Waals surface area (Å²) in [6.07, 6.45) is 0.103. The number of carboxylic acid groups (broad SMARTS) is 1. The summed E-state index contributed by atoms with van der Waals surface area (Å²) in [5, 5.41) is 14.4. The number of carbonyl (C=O) groups excluding carboxylic acids is 2. The fraction of sp³-hybridized carbons (Fsp3) is 0.0667. The molecule has 0 heterocycles. The van der Waals surface area contributed by atoms with E-state index >= 15 is 0 Å². The molecular weight excluding hydrogens is 313 g/mol. The minimum Gasteiger partial charge on any atom is -0.545 e. The van der Waals surface area contributed by atoms with E-state index in [0.717, 1.165) is 5.56 Å². The lowest BCUT2D eigenvalue weighted by Crippen LogP contribution is -2.25. The Labute approximate surface area is 131 Å². The maximum atomic E-state index is 11.9. The number of nitrogens with one attached hydrogen (secondary N) is 1. The minimum atomic E-state index is -1.40. The van der Waals surface area contributed by atoms with Crippen LogP contribution in [-0.2, 0) is 11.2 Å². The van der Waals surface area contributed by atoms with Crippen LogP contribution in [0.3, 0.4) is 0 Å². The van der Waals surface area contributed by atoms with Crippen molar-refractivity contribution in [1.82, 2.24) is 0 Å². The van der Waals surface area contributed by atoms with Gasteiger partial charge in [0.1, 0.15) is 0 Å². The van der Waals surface area contributed by atoms with Crippen LogP contribution in [0.1, 0.15) is 15.9 Å². The van der Waals surface area contributed by atoms with E-state index < -0.39 is 5.97 Å². The lowest BCUT2D eigenvalue weighted by molar-refractivity contribution is -0.254. The molecule has 0 aliphatic rings. The molecule has 0 spiro atoms. The predicted molar refractivity (Wildman–Crippen MR) is 79.6 cm³/mol. The molecule has 6 heteroatoms. The Morgan fingerprint density at radius 2 is 1.62 bits per heavy atom. The molecule has 0 saturated carbocycles. The van der Waals surface area contributed by atoms with Crippen molar-refractivity contribution in [2.45, 2.75) is 6.42 Å². The molecule has 0 aliphatic heterocycles. The van der Waals surface area contributed by atoms with Crippen LogP contribution in [0, 0.1) is 0 Å². The van der Waals surface area contributed by atoms with Crippen molar-refractivity contribution in [1.29, 1.82) is 0 Å². The van der Waals surface area contributed by atoms with Gasteiger partial charge in [-0.25, -0.2) is 0 Å². The van der Waals surface area contributed by atoms with Crippen molar-refractivity contribution in [3.8, 4) is 0 Å². The lowest BCUT2D eigenvalue weighted by atomic mass is 10.1. The van der Waals surface area contributed by atoms with E-state index in [1.807, 2.05) is 0 Å². The van der Waals surface area contributed by atoms with Gasteiger partial charge in [0.05, 0.1) is 12.4 Å². The number of carboxylic acids is 1. The first kappa shape index (κ1) is 15.4. The summed E-state index contributed by atoms with van der Waals surface area (Å²) in [6.45, 7) is 0. The second-order valence-electron chi connectivity index (χ2n) is 4.33. The third-order valence-corrected chi connectivity index (χ3v) is 3.24. The summed E-state index contributed by atoms with van der Waals surface area (Å²) in [5.41, 5.74) is 0.756. The topological polar surface area (TPSA) is 69.2 Å². The Morgan fingerprint density at radius 3 is 2.24 bits per heavy atom. The zero-order chi connectivity index (χ0) is 15.4. The molecule has 0 fully saturated rings. The van der Waals surface area contributed by atoms with Crippen molar-refractivity contribution < 1.29 is 14.7 Å². The Morgan fingerprint density at radius 1 is 1.00 bits per heavy atom. The molecule has 2 rings (SSSR count). The van der Waals surface area contributed by atoms with Crippen LogP contribution in [-0.4, -0.2) is 11.9 Å². The average molecular weight is 323 g/mol. The number of anilines is 1. The number of rotatable bonds is 4. The second-order valence-corrected chi connectivity index (χ2v) is 5.20. The highest BCUT2D eigenvalue weighted by molar-refractivity contribution is 6.31. The van der Waals surface area contributed by atoms with Gasteiger partial charge in [0.15, 0.2) is 0 Å². The number of carbonyl (C=O) groups is 2. The molecule has 0 aliphatic carbocycles. The second kappa shape index (κ2) is 6.61. The van der Waals surface area contributed by atoms with Gasteiger partial charge in [-0.15, -0.1) is 0 Å². The maximum Gasteiger partial charge on any atom is 0.228 e. The Kier molecular flexibility index (Phi) is 4.83. The van der Waals surface area contributed by atoms with E-state index in [4.69, 9.17) is 23.2 Å². The summed E-state index contributed by atoms with van der Waals surface area (Å²) >= 11 is 11.5. The van der Waals surface area contributed by atoms with Gasteiger partial charge in [-0.1, -0.05) is 35.3 Å². The Hall–Kier alpha value is -2.04. The third-order valence-electron chi connectivity index (χ3n) is 2.75. The molecule has 0 unspecified atom stereocenters. The van der Waals surface area contributed by atoms with Crippen molar-refractivity contribution >= 4 is 40.8 Å². The Balaban J connectivity index is 2.12. The number of benzene rings is 2. The van der Waals surface area contributed by atoms with Gasteiger partial charge >= 0.3 is 0 Å². The number of hydrogen-bond donors (Lipinski definition) is 1. The van der Waals surface area contributed by atoms with Gasteiger partial charge in [0.2, 0.25) is 5.91 Å². The first-order valence-electron chi connectivity index (χ1n) is 6.01. The molecule has 0 saturated heterocycles. The molecule has 1 N–H and O–H groups in total. The highest BCUT2D eigenvalue weighted by Crippen LogP contribution is 2.20. The highest BCUT2D eigenvalue weighted by Gasteiger charge is 2.09. The molecule has 2 aromatic rings. The summed E-state index contributed by atoms with van der Waals surface area (Å²) in [5.74, 6) is -1.75. The normalized spacial score (nSPS) is 10.2. The van der Waals surface area contributed by atoms with Gasteiger partial charge in [-0.2, -0.15) is 0 Å². The molecular formula is C15H10Cl2NO3-.